The van der Waals surface area contributed by atoms with E-state index in [1.807, 2.05) is 30.3 Å². The molecule has 0 saturated heterocycles. The number of nitrogens with one attached hydrogen (secondary N) is 1. The molecule has 1 heterocycles. The van der Waals surface area contributed by atoms with Crippen LogP contribution in [0.15, 0.2) is 42.6 Å². The van der Waals surface area contributed by atoms with Crippen LogP contribution in [0.4, 0.5) is 0 Å². The topological polar surface area (TPSA) is 77.4 Å². The maximum absolute atomic E-state index is 12.2. The molecule has 1 aromatic carbocycles. The first-order chi connectivity index (χ1) is 11.9. The summed E-state index contributed by atoms with van der Waals surface area (Å²) in [5.74, 6) is -1.13. The summed E-state index contributed by atoms with van der Waals surface area (Å²) in [5.41, 5.74) is 1.77. The van der Waals surface area contributed by atoms with Crippen LogP contribution >= 0.6 is 0 Å². The predicted molar refractivity (Wildman–Crippen MR) is 93.5 cm³/mol. The molecule has 0 aliphatic carbocycles. The van der Waals surface area contributed by atoms with Crippen molar-refractivity contribution in [3.05, 3.63) is 59.4 Å². The van der Waals surface area contributed by atoms with Gasteiger partial charge in [0.25, 0.3) is 5.91 Å². The average molecular weight is 342 g/mol. The Labute approximate surface area is 146 Å². The molecule has 0 aliphatic heterocycles. The van der Waals surface area contributed by atoms with Gasteiger partial charge in [-0.05, 0) is 31.9 Å². The third kappa shape index (κ3) is 5.04. The largest absolute Gasteiger partial charge is 0.448 e. The second kappa shape index (κ2) is 8.28. The average Bonchev–Trinajstić information content (AvgIpc) is 2.98. The summed E-state index contributed by atoms with van der Waals surface area (Å²) in [6.07, 6.45) is 1.34. The zero-order valence-corrected chi connectivity index (χ0v) is 14.6. The van der Waals surface area contributed by atoms with Crippen LogP contribution in [0, 0.1) is 0 Å². The van der Waals surface area contributed by atoms with Crippen molar-refractivity contribution in [1.82, 2.24) is 9.88 Å². The number of nitrogens with zero attached hydrogens (tertiary/aromatic N) is 1. The first-order valence-electron chi connectivity index (χ1n) is 8.08. The van der Waals surface area contributed by atoms with E-state index >= 15 is 0 Å². The van der Waals surface area contributed by atoms with E-state index in [-0.39, 0.29) is 17.4 Å². The molecule has 6 nitrogen and oxygen atoms in total. The van der Waals surface area contributed by atoms with E-state index in [0.717, 1.165) is 5.56 Å². The highest BCUT2D eigenvalue weighted by Crippen LogP contribution is 2.10. The Bertz CT molecular complexity index is 765. The van der Waals surface area contributed by atoms with E-state index in [1.54, 1.807) is 13.2 Å². The van der Waals surface area contributed by atoms with Crippen molar-refractivity contribution >= 4 is 17.7 Å². The van der Waals surface area contributed by atoms with E-state index in [2.05, 4.69) is 5.32 Å². The highest BCUT2D eigenvalue weighted by molar-refractivity contribution is 5.98. The number of ketones is 1. The lowest BCUT2D eigenvalue weighted by atomic mass is 10.1. The molecule has 2 aromatic rings. The van der Waals surface area contributed by atoms with Crippen LogP contribution in [-0.2, 0) is 23.0 Å². The highest BCUT2D eigenvalue weighted by atomic mass is 16.5. The number of benzene rings is 1. The minimum Gasteiger partial charge on any atom is -0.448 e. The van der Waals surface area contributed by atoms with Crippen molar-refractivity contribution in [2.45, 2.75) is 26.4 Å². The number of Topliss-reactive ketones (excluding diaryl/α,β-unsaturated/α-hetero) is 1. The van der Waals surface area contributed by atoms with Gasteiger partial charge in [-0.2, -0.15) is 0 Å². The number of esters is 1. The SMILES string of the molecule is CC(=O)c1cc(C(=O)O[C@H](C)C(=O)NCCc2ccccc2)n(C)c1. The summed E-state index contributed by atoms with van der Waals surface area (Å²) in [4.78, 5) is 35.6. The van der Waals surface area contributed by atoms with Gasteiger partial charge in [-0.3, -0.25) is 9.59 Å². The molecule has 0 radical (unpaired) electrons. The van der Waals surface area contributed by atoms with Crippen LogP contribution in [-0.4, -0.2) is 34.9 Å². The van der Waals surface area contributed by atoms with Gasteiger partial charge in [-0.15, -0.1) is 0 Å². The molecule has 1 aromatic heterocycles. The van der Waals surface area contributed by atoms with E-state index < -0.39 is 12.1 Å². The maximum Gasteiger partial charge on any atom is 0.355 e. The fourth-order valence-electron chi connectivity index (χ4n) is 2.35. The molecule has 25 heavy (non-hydrogen) atoms. The zero-order valence-electron chi connectivity index (χ0n) is 14.6. The smallest absolute Gasteiger partial charge is 0.355 e. The molecule has 0 fully saturated rings. The van der Waals surface area contributed by atoms with E-state index in [9.17, 15) is 14.4 Å². The third-order valence-corrected chi connectivity index (χ3v) is 3.83. The lowest BCUT2D eigenvalue weighted by Gasteiger charge is -2.13. The fourth-order valence-corrected chi connectivity index (χ4v) is 2.35. The number of rotatable bonds is 7. The third-order valence-electron chi connectivity index (χ3n) is 3.83. The normalized spacial score (nSPS) is 11.6. The number of carbonyl (C=O) groups excluding carboxylic acids is 3. The number of ether oxygens (including phenoxy) is 1. The molecular weight excluding hydrogens is 320 g/mol. The van der Waals surface area contributed by atoms with Crippen LogP contribution in [0.3, 0.4) is 0 Å². The Hall–Kier alpha value is -2.89. The summed E-state index contributed by atoms with van der Waals surface area (Å²) in [6, 6.07) is 11.2. The Balaban J connectivity index is 1.85. The Morgan fingerprint density at radius 3 is 2.48 bits per heavy atom. The first kappa shape index (κ1) is 18.4. The Morgan fingerprint density at radius 1 is 1.20 bits per heavy atom. The number of hydrogen-bond acceptors (Lipinski definition) is 4. The first-order valence-corrected chi connectivity index (χ1v) is 8.08. The Kier molecular flexibility index (Phi) is 6.11. The number of hydrogen-bond donors (Lipinski definition) is 1. The fraction of sp³-hybridized carbons (Fsp3) is 0.316. The highest BCUT2D eigenvalue weighted by Gasteiger charge is 2.21. The van der Waals surface area contributed by atoms with Crippen LogP contribution in [0.2, 0.25) is 0 Å². The number of amides is 1. The molecule has 0 bridgehead atoms. The minimum absolute atomic E-state index is 0.138. The number of aromatic nitrogens is 1. The summed E-state index contributed by atoms with van der Waals surface area (Å²) in [7, 11) is 1.65. The molecular formula is C19H22N2O4. The quantitative estimate of drug-likeness (QED) is 0.618. The van der Waals surface area contributed by atoms with E-state index in [1.165, 1.54) is 24.5 Å². The van der Waals surface area contributed by atoms with Crippen LogP contribution in [0.25, 0.3) is 0 Å². The van der Waals surface area contributed by atoms with Gasteiger partial charge in [0.2, 0.25) is 0 Å². The standard InChI is InChI=1S/C19H22N2O4/c1-13(22)16-11-17(21(3)12-16)19(24)25-14(2)18(23)20-10-9-15-7-5-4-6-8-15/h4-8,11-12,14H,9-10H2,1-3H3,(H,20,23)/t14-/m1/s1. The van der Waals surface area contributed by atoms with Crippen molar-refractivity contribution in [1.29, 1.82) is 0 Å². The number of aryl methyl sites for hydroxylation is 1. The lowest BCUT2D eigenvalue weighted by Crippen LogP contribution is -2.37. The van der Waals surface area contributed by atoms with Crippen LogP contribution in [0.1, 0.15) is 40.3 Å². The van der Waals surface area contributed by atoms with Crippen molar-refractivity contribution in [2.75, 3.05) is 6.54 Å². The monoisotopic (exact) mass is 342 g/mol. The lowest BCUT2D eigenvalue weighted by molar-refractivity contribution is -0.129. The summed E-state index contributed by atoms with van der Waals surface area (Å²) in [6.45, 7) is 3.40. The molecule has 1 amide bonds. The summed E-state index contributed by atoms with van der Waals surface area (Å²) in [5, 5.41) is 2.75. The van der Waals surface area contributed by atoms with Crippen molar-refractivity contribution in [3.63, 3.8) is 0 Å². The number of carbonyl (C=O) groups is 3. The predicted octanol–water partition coefficient (Wildman–Crippen LogP) is 2.13. The summed E-state index contributed by atoms with van der Waals surface area (Å²) < 4.78 is 6.70. The summed E-state index contributed by atoms with van der Waals surface area (Å²) >= 11 is 0. The molecule has 0 unspecified atom stereocenters. The van der Waals surface area contributed by atoms with Gasteiger partial charge < -0.3 is 14.6 Å². The van der Waals surface area contributed by atoms with Crippen molar-refractivity contribution < 1.29 is 19.1 Å². The molecule has 132 valence electrons. The van der Waals surface area contributed by atoms with Gasteiger partial charge in [0, 0.05) is 25.4 Å². The minimum atomic E-state index is -0.918. The molecule has 0 spiro atoms. The van der Waals surface area contributed by atoms with Crippen LogP contribution < -0.4 is 5.32 Å². The second-order valence-electron chi connectivity index (χ2n) is 5.86. The van der Waals surface area contributed by atoms with Gasteiger partial charge in [-0.1, -0.05) is 30.3 Å². The molecule has 1 N–H and O–H groups in total. The van der Waals surface area contributed by atoms with Gasteiger partial charge in [0.15, 0.2) is 11.9 Å². The maximum atomic E-state index is 12.2. The van der Waals surface area contributed by atoms with Crippen LogP contribution in [0.5, 0.6) is 0 Å². The van der Waals surface area contributed by atoms with Crippen molar-refractivity contribution in [2.24, 2.45) is 7.05 Å². The molecule has 1 atom stereocenters. The van der Waals surface area contributed by atoms with Gasteiger partial charge in [0.05, 0.1) is 0 Å². The van der Waals surface area contributed by atoms with E-state index in [4.69, 9.17) is 4.74 Å². The second-order valence-corrected chi connectivity index (χ2v) is 5.86. The molecule has 0 saturated carbocycles. The zero-order chi connectivity index (χ0) is 18.4. The van der Waals surface area contributed by atoms with Gasteiger partial charge in [0.1, 0.15) is 5.69 Å². The molecule has 2 rings (SSSR count). The van der Waals surface area contributed by atoms with Gasteiger partial charge in [-0.25, -0.2) is 4.79 Å². The van der Waals surface area contributed by atoms with Crippen molar-refractivity contribution in [3.8, 4) is 0 Å². The van der Waals surface area contributed by atoms with Gasteiger partial charge >= 0.3 is 5.97 Å². The Morgan fingerprint density at radius 2 is 1.88 bits per heavy atom. The molecule has 0 aliphatic rings. The van der Waals surface area contributed by atoms with E-state index in [0.29, 0.717) is 18.5 Å². The molecule has 6 heteroatoms.